The van der Waals surface area contributed by atoms with Crippen LogP contribution in [-0.4, -0.2) is 20.0 Å². The topological polar surface area (TPSA) is 43.6 Å². The van der Waals surface area contributed by atoms with Crippen LogP contribution in [0.4, 0.5) is 13.2 Å². The van der Waals surface area contributed by atoms with E-state index in [-0.39, 0.29) is 0 Å². The van der Waals surface area contributed by atoms with Crippen molar-refractivity contribution in [1.82, 2.24) is 20.0 Å². The predicted octanol–water partition coefficient (Wildman–Crippen LogP) is 4.12. The van der Waals surface area contributed by atoms with E-state index >= 15 is 0 Å². The third-order valence-electron chi connectivity index (χ3n) is 3.56. The molecule has 8 heteroatoms. The summed E-state index contributed by atoms with van der Waals surface area (Å²) in [6, 6.07) is 5.12. The van der Waals surface area contributed by atoms with Crippen molar-refractivity contribution in [1.29, 1.82) is 0 Å². The minimum absolute atomic E-state index is 0.469. The van der Waals surface area contributed by atoms with E-state index in [4.69, 9.17) is 11.6 Å². The number of halogens is 4. The van der Waals surface area contributed by atoms with E-state index in [9.17, 15) is 13.2 Å². The predicted molar refractivity (Wildman–Crippen MR) is 83.0 cm³/mol. The van der Waals surface area contributed by atoms with Crippen LogP contribution in [0, 0.1) is 0 Å². The summed E-state index contributed by atoms with van der Waals surface area (Å²) in [7, 11) is 0. The molecule has 0 atom stereocenters. The summed E-state index contributed by atoms with van der Waals surface area (Å²) < 4.78 is 37.8. The molecule has 0 aliphatic heterocycles. The minimum atomic E-state index is -4.33. The van der Waals surface area contributed by atoms with Crippen molar-refractivity contribution in [3.63, 3.8) is 0 Å². The van der Waals surface area contributed by atoms with Gasteiger partial charge in [0.2, 0.25) is 0 Å². The van der Waals surface area contributed by atoms with E-state index in [0.717, 1.165) is 23.3 Å². The number of benzene rings is 1. The first-order valence-electron chi connectivity index (χ1n) is 7.10. The maximum Gasteiger partial charge on any atom is 0.416 e. The zero-order valence-electron chi connectivity index (χ0n) is 12.3. The first-order chi connectivity index (χ1) is 11.4. The summed E-state index contributed by atoms with van der Waals surface area (Å²) in [4.78, 5) is 5.45. The van der Waals surface area contributed by atoms with Gasteiger partial charge in [0.25, 0.3) is 0 Å². The van der Waals surface area contributed by atoms with Gasteiger partial charge in [0.15, 0.2) is 0 Å². The number of nitrogens with zero attached hydrogens (tertiary/aromatic N) is 4. The van der Waals surface area contributed by atoms with E-state index in [2.05, 4.69) is 15.2 Å². The molecule has 0 unspecified atom stereocenters. The molecule has 0 aliphatic rings. The SMILES string of the molecule is FC(F)(F)c1ccc(CCc2c(Cl)cncc2-n2nccn2)cc1. The molecule has 124 valence electrons. The van der Waals surface area contributed by atoms with Crippen molar-refractivity contribution in [2.75, 3.05) is 0 Å². The van der Waals surface area contributed by atoms with E-state index in [1.54, 1.807) is 18.6 Å². The van der Waals surface area contributed by atoms with Gasteiger partial charge in [-0.15, -0.1) is 4.80 Å². The van der Waals surface area contributed by atoms with Crippen molar-refractivity contribution >= 4 is 11.6 Å². The maximum absolute atomic E-state index is 12.6. The van der Waals surface area contributed by atoms with Crippen LogP contribution in [0.15, 0.2) is 49.1 Å². The lowest BCUT2D eigenvalue weighted by Crippen LogP contribution is -2.07. The van der Waals surface area contributed by atoms with Crippen molar-refractivity contribution in [3.05, 3.63) is 70.8 Å². The molecule has 0 radical (unpaired) electrons. The lowest BCUT2D eigenvalue weighted by Gasteiger charge is -2.11. The van der Waals surface area contributed by atoms with Crippen molar-refractivity contribution in [2.24, 2.45) is 0 Å². The molecule has 0 saturated carbocycles. The van der Waals surface area contributed by atoms with Gasteiger partial charge in [0, 0.05) is 11.8 Å². The number of pyridine rings is 1. The smallest absolute Gasteiger partial charge is 0.261 e. The fourth-order valence-electron chi connectivity index (χ4n) is 2.34. The zero-order chi connectivity index (χ0) is 17.2. The molecule has 0 aliphatic carbocycles. The molecule has 1 aromatic carbocycles. The largest absolute Gasteiger partial charge is 0.416 e. The third-order valence-corrected chi connectivity index (χ3v) is 3.89. The van der Waals surface area contributed by atoms with Crippen LogP contribution < -0.4 is 0 Å². The lowest BCUT2D eigenvalue weighted by atomic mass is 10.0. The monoisotopic (exact) mass is 352 g/mol. The summed E-state index contributed by atoms with van der Waals surface area (Å²) in [5.41, 5.74) is 1.58. The summed E-state index contributed by atoms with van der Waals surface area (Å²) >= 11 is 6.22. The van der Waals surface area contributed by atoms with Crippen LogP contribution in [0.5, 0.6) is 0 Å². The van der Waals surface area contributed by atoms with Crippen LogP contribution >= 0.6 is 11.6 Å². The lowest BCUT2D eigenvalue weighted by molar-refractivity contribution is -0.137. The normalized spacial score (nSPS) is 11.7. The van der Waals surface area contributed by atoms with Gasteiger partial charge in [-0.1, -0.05) is 23.7 Å². The molecule has 0 amide bonds. The Labute approximate surface area is 140 Å². The van der Waals surface area contributed by atoms with Crippen LogP contribution in [0.25, 0.3) is 5.69 Å². The molecular weight excluding hydrogens is 341 g/mol. The number of aryl methyl sites for hydroxylation is 1. The van der Waals surface area contributed by atoms with Gasteiger partial charge in [0.05, 0.1) is 29.2 Å². The molecule has 3 aromatic rings. The molecule has 2 heterocycles. The Balaban J connectivity index is 1.80. The Morgan fingerprint density at radius 3 is 2.25 bits per heavy atom. The highest BCUT2D eigenvalue weighted by Crippen LogP contribution is 2.29. The van der Waals surface area contributed by atoms with Gasteiger partial charge in [-0.3, -0.25) is 4.98 Å². The van der Waals surface area contributed by atoms with Crippen molar-refractivity contribution in [3.8, 4) is 5.69 Å². The molecule has 4 nitrogen and oxygen atoms in total. The number of alkyl halides is 3. The first kappa shape index (κ1) is 16.4. The average molecular weight is 353 g/mol. The van der Waals surface area contributed by atoms with Crippen LogP contribution in [-0.2, 0) is 19.0 Å². The van der Waals surface area contributed by atoms with Gasteiger partial charge in [-0.25, -0.2) is 0 Å². The summed E-state index contributed by atoms with van der Waals surface area (Å²) in [5.74, 6) is 0. The van der Waals surface area contributed by atoms with E-state index in [1.807, 2.05) is 0 Å². The Hall–Kier alpha value is -2.41. The van der Waals surface area contributed by atoms with Gasteiger partial charge in [-0.2, -0.15) is 23.4 Å². The fraction of sp³-hybridized carbons (Fsp3) is 0.188. The fourth-order valence-corrected chi connectivity index (χ4v) is 2.59. The van der Waals surface area contributed by atoms with Gasteiger partial charge in [-0.05, 0) is 30.5 Å². The summed E-state index contributed by atoms with van der Waals surface area (Å²) in [6.45, 7) is 0. The maximum atomic E-state index is 12.6. The van der Waals surface area contributed by atoms with Gasteiger partial charge >= 0.3 is 6.18 Å². The van der Waals surface area contributed by atoms with Crippen LogP contribution in [0.2, 0.25) is 5.02 Å². The quantitative estimate of drug-likeness (QED) is 0.709. The second-order valence-corrected chi connectivity index (χ2v) is 5.54. The molecule has 0 bridgehead atoms. The summed E-state index contributed by atoms with van der Waals surface area (Å²) in [6.07, 6.45) is 2.96. The number of aromatic nitrogens is 4. The molecule has 3 rings (SSSR count). The van der Waals surface area contributed by atoms with E-state index in [0.29, 0.717) is 23.6 Å². The van der Waals surface area contributed by atoms with Gasteiger partial charge in [0.1, 0.15) is 5.69 Å². The molecule has 0 N–H and O–H groups in total. The van der Waals surface area contributed by atoms with Crippen molar-refractivity contribution in [2.45, 2.75) is 19.0 Å². The molecule has 24 heavy (non-hydrogen) atoms. The minimum Gasteiger partial charge on any atom is -0.261 e. The number of hydrogen-bond acceptors (Lipinski definition) is 3. The molecule has 0 fully saturated rings. The van der Waals surface area contributed by atoms with E-state index in [1.165, 1.54) is 23.1 Å². The first-order valence-corrected chi connectivity index (χ1v) is 7.48. The Morgan fingerprint density at radius 2 is 1.62 bits per heavy atom. The summed E-state index contributed by atoms with van der Waals surface area (Å²) in [5, 5.41) is 8.60. The Kier molecular flexibility index (Phi) is 4.53. The average Bonchev–Trinajstić information content (AvgIpc) is 3.07. The Morgan fingerprint density at radius 1 is 0.958 bits per heavy atom. The third kappa shape index (κ3) is 3.56. The Bertz CT molecular complexity index is 814. The second kappa shape index (κ2) is 6.60. The second-order valence-electron chi connectivity index (χ2n) is 5.13. The highest BCUT2D eigenvalue weighted by molar-refractivity contribution is 6.31. The van der Waals surface area contributed by atoms with Crippen molar-refractivity contribution < 1.29 is 13.2 Å². The van der Waals surface area contributed by atoms with Gasteiger partial charge < -0.3 is 0 Å². The number of rotatable bonds is 4. The highest BCUT2D eigenvalue weighted by Gasteiger charge is 2.29. The van der Waals surface area contributed by atoms with E-state index < -0.39 is 11.7 Å². The highest BCUT2D eigenvalue weighted by atomic mass is 35.5. The van der Waals surface area contributed by atoms with Crippen LogP contribution in [0.3, 0.4) is 0 Å². The molecule has 0 spiro atoms. The molecule has 2 aromatic heterocycles. The number of hydrogen-bond donors (Lipinski definition) is 0. The molecule has 0 saturated heterocycles. The molecular formula is C16H12ClF3N4. The van der Waals surface area contributed by atoms with Crippen LogP contribution in [0.1, 0.15) is 16.7 Å². The zero-order valence-corrected chi connectivity index (χ0v) is 13.1. The standard InChI is InChI=1S/C16H12ClF3N4/c17-14-9-21-10-15(24-22-7-8-23-24)13(14)6-3-11-1-4-12(5-2-11)16(18,19)20/h1-2,4-5,7-10H,3,6H2.